The lowest BCUT2D eigenvalue weighted by Gasteiger charge is -2.17. The first-order valence-electron chi connectivity index (χ1n) is 6.94. The maximum Gasteiger partial charge on any atom is 0.307 e. The van der Waals surface area contributed by atoms with Gasteiger partial charge in [0.15, 0.2) is 0 Å². The summed E-state index contributed by atoms with van der Waals surface area (Å²) >= 11 is 0. The molecule has 2 aromatic rings. The van der Waals surface area contributed by atoms with Gasteiger partial charge in [0.05, 0.1) is 12.1 Å². The number of aliphatic carboxylic acids is 1. The molecule has 0 amide bonds. The normalized spacial score (nSPS) is 10.8. The number of hydrogen-bond donors (Lipinski definition) is 1. The lowest BCUT2D eigenvalue weighted by Crippen LogP contribution is -2.07. The summed E-state index contributed by atoms with van der Waals surface area (Å²) in [6.45, 7) is 8.27. The summed E-state index contributed by atoms with van der Waals surface area (Å²) in [7, 11) is 0. The van der Waals surface area contributed by atoms with E-state index in [-0.39, 0.29) is 6.42 Å². The average molecular weight is 271 g/mol. The highest BCUT2D eigenvalue weighted by Gasteiger charge is 2.16. The highest BCUT2D eigenvalue weighted by molar-refractivity contribution is 5.71. The SMILES string of the molecule is CCc1cccc(C)c1-n1c(C)cc(CC(=O)O)c1C. The molecule has 3 heteroatoms. The van der Waals surface area contributed by atoms with Crippen molar-refractivity contribution in [3.8, 4) is 5.69 Å². The Hall–Kier alpha value is -2.03. The standard InChI is InChI=1S/C17H21NO2/c1-5-14-8-6-7-11(2)17(14)18-12(3)9-15(13(18)4)10-16(19)20/h6-9H,5,10H2,1-4H3,(H,19,20). The topological polar surface area (TPSA) is 42.2 Å². The van der Waals surface area contributed by atoms with Gasteiger partial charge < -0.3 is 9.67 Å². The van der Waals surface area contributed by atoms with Crippen LogP contribution in [0.2, 0.25) is 0 Å². The molecule has 0 atom stereocenters. The molecular formula is C17H21NO2. The summed E-state index contributed by atoms with van der Waals surface area (Å²) in [4.78, 5) is 11.0. The number of benzene rings is 1. The van der Waals surface area contributed by atoms with Gasteiger partial charge >= 0.3 is 5.97 Å². The second-order valence-electron chi connectivity index (χ2n) is 5.24. The van der Waals surface area contributed by atoms with E-state index in [1.54, 1.807) is 0 Å². The highest BCUT2D eigenvalue weighted by Crippen LogP contribution is 2.27. The van der Waals surface area contributed by atoms with Crippen LogP contribution in [0.1, 0.15) is 35.0 Å². The molecule has 0 fully saturated rings. The minimum atomic E-state index is -0.786. The van der Waals surface area contributed by atoms with Crippen LogP contribution in [0.4, 0.5) is 0 Å². The Morgan fingerprint density at radius 3 is 2.50 bits per heavy atom. The van der Waals surface area contributed by atoms with Crippen LogP contribution in [0.25, 0.3) is 5.69 Å². The van der Waals surface area contributed by atoms with E-state index < -0.39 is 5.97 Å². The third kappa shape index (κ3) is 2.48. The molecule has 0 saturated carbocycles. The Bertz CT molecular complexity index is 653. The number of nitrogens with zero attached hydrogens (tertiary/aromatic N) is 1. The summed E-state index contributed by atoms with van der Waals surface area (Å²) in [5.41, 5.74) is 6.69. The zero-order valence-electron chi connectivity index (χ0n) is 12.5. The fourth-order valence-corrected chi connectivity index (χ4v) is 2.84. The molecule has 1 aromatic carbocycles. The van der Waals surface area contributed by atoms with Crippen molar-refractivity contribution >= 4 is 5.97 Å². The first-order chi connectivity index (χ1) is 9.45. The lowest BCUT2D eigenvalue weighted by molar-refractivity contribution is -0.136. The number of para-hydroxylation sites is 1. The van der Waals surface area contributed by atoms with E-state index >= 15 is 0 Å². The van der Waals surface area contributed by atoms with Gasteiger partial charge in [0.25, 0.3) is 0 Å². The Morgan fingerprint density at radius 2 is 1.90 bits per heavy atom. The largest absolute Gasteiger partial charge is 0.481 e. The number of aryl methyl sites for hydroxylation is 3. The third-order valence-electron chi connectivity index (χ3n) is 3.80. The monoisotopic (exact) mass is 271 g/mol. The number of hydrogen-bond acceptors (Lipinski definition) is 1. The third-order valence-corrected chi connectivity index (χ3v) is 3.80. The first kappa shape index (κ1) is 14.4. The van der Waals surface area contributed by atoms with E-state index in [1.807, 2.05) is 19.9 Å². The molecule has 0 radical (unpaired) electrons. The van der Waals surface area contributed by atoms with Gasteiger partial charge in [-0.2, -0.15) is 0 Å². The van der Waals surface area contributed by atoms with Gasteiger partial charge in [-0.15, -0.1) is 0 Å². The summed E-state index contributed by atoms with van der Waals surface area (Å²) in [6, 6.07) is 8.29. The molecule has 2 rings (SSSR count). The van der Waals surface area contributed by atoms with Crippen molar-refractivity contribution in [2.24, 2.45) is 0 Å². The quantitative estimate of drug-likeness (QED) is 0.923. The van der Waals surface area contributed by atoms with Crippen LogP contribution >= 0.6 is 0 Å². The fourth-order valence-electron chi connectivity index (χ4n) is 2.84. The van der Waals surface area contributed by atoms with Crippen molar-refractivity contribution in [1.82, 2.24) is 4.57 Å². The molecule has 0 bridgehead atoms. The van der Waals surface area contributed by atoms with E-state index in [1.165, 1.54) is 16.8 Å². The van der Waals surface area contributed by atoms with Gasteiger partial charge in [-0.3, -0.25) is 4.79 Å². The number of carboxylic acid groups (broad SMARTS) is 1. The predicted molar refractivity (Wildman–Crippen MR) is 80.7 cm³/mol. The van der Waals surface area contributed by atoms with E-state index in [0.717, 1.165) is 23.4 Å². The zero-order valence-corrected chi connectivity index (χ0v) is 12.5. The summed E-state index contributed by atoms with van der Waals surface area (Å²) in [5, 5.41) is 9.01. The second-order valence-corrected chi connectivity index (χ2v) is 5.24. The Kier molecular flexibility index (Phi) is 3.98. The molecule has 0 spiro atoms. The number of carboxylic acids is 1. The minimum Gasteiger partial charge on any atom is -0.481 e. The van der Waals surface area contributed by atoms with Gasteiger partial charge in [0.2, 0.25) is 0 Å². The Morgan fingerprint density at radius 1 is 1.20 bits per heavy atom. The van der Waals surface area contributed by atoms with Crippen molar-refractivity contribution in [3.05, 3.63) is 52.3 Å². The summed E-state index contributed by atoms with van der Waals surface area (Å²) in [6.07, 6.45) is 1.04. The van der Waals surface area contributed by atoms with E-state index in [4.69, 9.17) is 5.11 Å². The van der Waals surface area contributed by atoms with Crippen LogP contribution in [0.15, 0.2) is 24.3 Å². The maximum absolute atomic E-state index is 11.0. The molecule has 0 aliphatic rings. The molecule has 3 nitrogen and oxygen atoms in total. The van der Waals surface area contributed by atoms with Gasteiger partial charge in [-0.05, 0) is 49.9 Å². The van der Waals surface area contributed by atoms with Gasteiger partial charge in [-0.1, -0.05) is 25.1 Å². The number of rotatable bonds is 4. The summed E-state index contributed by atoms with van der Waals surface area (Å²) < 4.78 is 2.19. The Balaban J connectivity index is 2.65. The van der Waals surface area contributed by atoms with E-state index in [2.05, 4.69) is 36.6 Å². The predicted octanol–water partition coefficient (Wildman–Crippen LogP) is 3.59. The molecular weight excluding hydrogens is 250 g/mol. The molecule has 1 N–H and O–H groups in total. The van der Waals surface area contributed by atoms with Crippen LogP contribution in [0.5, 0.6) is 0 Å². The summed E-state index contributed by atoms with van der Waals surface area (Å²) in [5.74, 6) is -0.786. The molecule has 1 aromatic heterocycles. The van der Waals surface area contributed by atoms with Crippen molar-refractivity contribution in [1.29, 1.82) is 0 Å². The van der Waals surface area contributed by atoms with Crippen LogP contribution in [0.3, 0.4) is 0 Å². The molecule has 0 unspecified atom stereocenters. The van der Waals surface area contributed by atoms with Crippen molar-refractivity contribution < 1.29 is 9.90 Å². The van der Waals surface area contributed by atoms with Crippen molar-refractivity contribution in [2.75, 3.05) is 0 Å². The minimum absolute atomic E-state index is 0.0764. The lowest BCUT2D eigenvalue weighted by atomic mass is 10.1. The molecule has 106 valence electrons. The van der Waals surface area contributed by atoms with Crippen LogP contribution in [-0.4, -0.2) is 15.6 Å². The molecule has 1 heterocycles. The number of carbonyl (C=O) groups is 1. The smallest absolute Gasteiger partial charge is 0.307 e. The highest BCUT2D eigenvalue weighted by atomic mass is 16.4. The molecule has 0 aliphatic carbocycles. The zero-order chi connectivity index (χ0) is 14.9. The van der Waals surface area contributed by atoms with Crippen molar-refractivity contribution in [2.45, 2.75) is 40.5 Å². The first-order valence-corrected chi connectivity index (χ1v) is 6.94. The van der Waals surface area contributed by atoms with Crippen LogP contribution < -0.4 is 0 Å². The maximum atomic E-state index is 11.0. The molecule has 0 saturated heterocycles. The van der Waals surface area contributed by atoms with Crippen LogP contribution in [-0.2, 0) is 17.6 Å². The van der Waals surface area contributed by atoms with E-state index in [9.17, 15) is 4.79 Å². The van der Waals surface area contributed by atoms with Gasteiger partial charge in [0.1, 0.15) is 0 Å². The molecule has 20 heavy (non-hydrogen) atoms. The van der Waals surface area contributed by atoms with Crippen LogP contribution in [0, 0.1) is 20.8 Å². The Labute approximate surface area is 119 Å². The van der Waals surface area contributed by atoms with Gasteiger partial charge in [0, 0.05) is 11.4 Å². The molecule has 0 aliphatic heterocycles. The van der Waals surface area contributed by atoms with E-state index in [0.29, 0.717) is 0 Å². The van der Waals surface area contributed by atoms with Gasteiger partial charge in [-0.25, -0.2) is 0 Å². The average Bonchev–Trinajstić information content (AvgIpc) is 2.64. The van der Waals surface area contributed by atoms with Crippen molar-refractivity contribution in [3.63, 3.8) is 0 Å². The fraction of sp³-hybridized carbons (Fsp3) is 0.353. The second kappa shape index (κ2) is 5.53. The number of aromatic nitrogens is 1.